The Hall–Kier alpha value is -1.82. The molecule has 0 saturated heterocycles. The molecule has 1 heterocycles. The number of aromatic nitrogens is 2. The maximum Gasteiger partial charge on any atom is 0.180 e. The van der Waals surface area contributed by atoms with Gasteiger partial charge in [-0.3, -0.25) is 4.68 Å². The highest BCUT2D eigenvalue weighted by Crippen LogP contribution is 2.22. The number of para-hydroxylation sites is 1. The molecule has 21 heavy (non-hydrogen) atoms. The van der Waals surface area contributed by atoms with Crippen molar-refractivity contribution in [3.8, 4) is 0 Å². The number of nitrogens with one attached hydrogen (secondary N) is 1. The molecule has 0 unspecified atom stereocenters. The number of nitrogens with zero attached hydrogens (tertiary/aromatic N) is 2. The highest BCUT2D eigenvalue weighted by Gasteiger charge is 2.16. The fourth-order valence-corrected chi connectivity index (χ4v) is 3.70. The summed E-state index contributed by atoms with van der Waals surface area (Å²) in [5.74, 6) is 0.173. The topological polar surface area (TPSA) is 64.0 Å². The quantitative estimate of drug-likeness (QED) is 0.852. The second-order valence-electron chi connectivity index (χ2n) is 4.97. The van der Waals surface area contributed by atoms with E-state index in [2.05, 4.69) is 10.4 Å². The fourth-order valence-electron chi connectivity index (χ4n) is 2.18. The lowest BCUT2D eigenvalue weighted by Crippen LogP contribution is -2.12. The molecule has 0 aliphatic carbocycles. The first kappa shape index (κ1) is 15.6. The van der Waals surface area contributed by atoms with Crippen LogP contribution in [0.2, 0.25) is 0 Å². The van der Waals surface area contributed by atoms with Crippen LogP contribution in [0.1, 0.15) is 19.0 Å². The summed E-state index contributed by atoms with van der Waals surface area (Å²) in [5, 5.41) is 7.51. The van der Waals surface area contributed by atoms with Gasteiger partial charge in [0.1, 0.15) is 0 Å². The van der Waals surface area contributed by atoms with Crippen molar-refractivity contribution < 1.29 is 8.42 Å². The molecule has 0 amide bonds. The minimum absolute atomic E-state index is 0.173. The van der Waals surface area contributed by atoms with Gasteiger partial charge in [-0.05, 0) is 24.6 Å². The molecule has 0 fully saturated rings. The van der Waals surface area contributed by atoms with Crippen LogP contribution in [-0.4, -0.2) is 30.5 Å². The lowest BCUT2D eigenvalue weighted by molar-refractivity contribution is 0.595. The van der Waals surface area contributed by atoms with Gasteiger partial charge in [0, 0.05) is 26.2 Å². The predicted molar refractivity (Wildman–Crippen MR) is 84.2 cm³/mol. The predicted octanol–water partition coefficient (Wildman–Crippen LogP) is 2.26. The Morgan fingerprint density at radius 3 is 2.67 bits per heavy atom. The highest BCUT2D eigenvalue weighted by atomic mass is 32.2. The molecule has 0 radical (unpaired) electrons. The van der Waals surface area contributed by atoms with Crippen LogP contribution in [0.25, 0.3) is 0 Å². The van der Waals surface area contributed by atoms with E-state index in [9.17, 15) is 8.42 Å². The summed E-state index contributed by atoms with van der Waals surface area (Å²) in [6.45, 7) is 2.52. The zero-order valence-electron chi connectivity index (χ0n) is 12.4. The number of anilines is 1. The smallest absolute Gasteiger partial charge is 0.180 e. The van der Waals surface area contributed by atoms with Gasteiger partial charge in [0.05, 0.1) is 22.0 Å². The van der Waals surface area contributed by atoms with Gasteiger partial charge in [0.25, 0.3) is 0 Å². The molecule has 6 heteroatoms. The molecule has 0 spiro atoms. The molecule has 1 aromatic heterocycles. The van der Waals surface area contributed by atoms with Crippen LogP contribution in [0.3, 0.4) is 0 Å². The standard InChI is InChI=1S/C15H21N3O2S/c1-3-12-21(19,20)15-7-5-4-6-14(15)16-10-8-13-9-11-18(2)17-13/h4-7,9,11,16H,3,8,10,12H2,1-2H3. The zero-order valence-corrected chi connectivity index (χ0v) is 13.2. The normalized spacial score (nSPS) is 11.5. The second kappa shape index (κ2) is 6.76. The summed E-state index contributed by atoms with van der Waals surface area (Å²) >= 11 is 0. The molecule has 0 bridgehead atoms. The van der Waals surface area contributed by atoms with Crippen molar-refractivity contribution >= 4 is 15.5 Å². The highest BCUT2D eigenvalue weighted by molar-refractivity contribution is 7.91. The third-order valence-electron chi connectivity index (χ3n) is 3.16. The largest absolute Gasteiger partial charge is 0.384 e. The monoisotopic (exact) mass is 307 g/mol. The molecule has 0 aliphatic rings. The first-order valence-corrected chi connectivity index (χ1v) is 8.72. The number of benzene rings is 1. The van der Waals surface area contributed by atoms with Gasteiger partial charge >= 0.3 is 0 Å². The van der Waals surface area contributed by atoms with E-state index in [0.717, 1.165) is 12.1 Å². The molecular formula is C15H21N3O2S. The summed E-state index contributed by atoms with van der Waals surface area (Å²) in [6.07, 6.45) is 3.27. The molecule has 114 valence electrons. The van der Waals surface area contributed by atoms with Crippen LogP contribution >= 0.6 is 0 Å². The van der Waals surface area contributed by atoms with Gasteiger partial charge < -0.3 is 5.32 Å². The molecule has 1 N–H and O–H groups in total. The molecule has 1 aromatic carbocycles. The van der Waals surface area contributed by atoms with Crippen molar-refractivity contribution in [2.75, 3.05) is 17.6 Å². The van der Waals surface area contributed by atoms with Crippen molar-refractivity contribution in [2.45, 2.75) is 24.7 Å². The second-order valence-corrected chi connectivity index (χ2v) is 7.05. The minimum Gasteiger partial charge on any atom is -0.384 e. The minimum atomic E-state index is -3.21. The van der Waals surface area contributed by atoms with E-state index in [1.54, 1.807) is 22.9 Å². The van der Waals surface area contributed by atoms with Crippen LogP contribution in [-0.2, 0) is 23.3 Å². The van der Waals surface area contributed by atoms with Crippen LogP contribution < -0.4 is 5.32 Å². The first-order valence-electron chi connectivity index (χ1n) is 7.07. The molecule has 0 atom stereocenters. The Balaban J connectivity index is 2.06. The van der Waals surface area contributed by atoms with Crippen molar-refractivity contribution in [1.82, 2.24) is 9.78 Å². The van der Waals surface area contributed by atoms with E-state index in [1.165, 1.54) is 0 Å². The van der Waals surface area contributed by atoms with Crippen molar-refractivity contribution in [1.29, 1.82) is 0 Å². The Morgan fingerprint density at radius 1 is 1.24 bits per heavy atom. The third kappa shape index (κ3) is 4.07. The summed E-state index contributed by atoms with van der Waals surface area (Å²) in [4.78, 5) is 0.382. The van der Waals surface area contributed by atoms with E-state index in [1.807, 2.05) is 32.3 Å². The molecule has 0 aliphatic heterocycles. The van der Waals surface area contributed by atoms with Crippen LogP contribution in [0.15, 0.2) is 41.4 Å². The van der Waals surface area contributed by atoms with Gasteiger partial charge in [-0.2, -0.15) is 5.10 Å². The number of hydrogen-bond donors (Lipinski definition) is 1. The number of aryl methyl sites for hydroxylation is 1. The fraction of sp³-hybridized carbons (Fsp3) is 0.400. The van der Waals surface area contributed by atoms with Crippen LogP contribution in [0.5, 0.6) is 0 Å². The third-order valence-corrected chi connectivity index (χ3v) is 5.13. The van der Waals surface area contributed by atoms with Crippen molar-refractivity contribution in [3.05, 3.63) is 42.2 Å². The maximum absolute atomic E-state index is 12.2. The number of sulfone groups is 1. The molecule has 2 aromatic rings. The van der Waals surface area contributed by atoms with Crippen molar-refractivity contribution in [3.63, 3.8) is 0 Å². The van der Waals surface area contributed by atoms with Gasteiger partial charge in [-0.1, -0.05) is 19.1 Å². The van der Waals surface area contributed by atoms with Crippen molar-refractivity contribution in [2.24, 2.45) is 7.05 Å². The van der Waals surface area contributed by atoms with Gasteiger partial charge in [-0.25, -0.2) is 8.42 Å². The first-order chi connectivity index (χ1) is 10.0. The zero-order chi connectivity index (χ0) is 15.3. The average molecular weight is 307 g/mol. The lowest BCUT2D eigenvalue weighted by atomic mass is 10.3. The maximum atomic E-state index is 12.2. The number of hydrogen-bond acceptors (Lipinski definition) is 4. The van der Waals surface area contributed by atoms with Gasteiger partial charge in [-0.15, -0.1) is 0 Å². The summed E-state index contributed by atoms with van der Waals surface area (Å²) in [7, 11) is -1.34. The molecular weight excluding hydrogens is 286 g/mol. The summed E-state index contributed by atoms with van der Waals surface area (Å²) in [5.41, 5.74) is 1.65. The Kier molecular flexibility index (Phi) is 5.01. The molecule has 2 rings (SSSR count). The van der Waals surface area contributed by atoms with E-state index < -0.39 is 9.84 Å². The van der Waals surface area contributed by atoms with E-state index in [-0.39, 0.29) is 5.75 Å². The van der Waals surface area contributed by atoms with Crippen LogP contribution in [0.4, 0.5) is 5.69 Å². The van der Waals surface area contributed by atoms with Gasteiger partial charge in [0.2, 0.25) is 0 Å². The number of rotatable bonds is 7. The Bertz CT molecular complexity index is 692. The van der Waals surface area contributed by atoms with Gasteiger partial charge in [0.15, 0.2) is 9.84 Å². The van der Waals surface area contributed by atoms with Crippen LogP contribution in [0, 0.1) is 0 Å². The SMILES string of the molecule is CCCS(=O)(=O)c1ccccc1NCCc1ccn(C)n1. The van der Waals surface area contributed by atoms with E-state index >= 15 is 0 Å². The molecule has 0 saturated carbocycles. The summed E-state index contributed by atoms with van der Waals surface area (Å²) in [6, 6.07) is 9.02. The average Bonchev–Trinajstić information content (AvgIpc) is 2.85. The van der Waals surface area contributed by atoms with E-state index in [0.29, 0.717) is 23.5 Å². The lowest BCUT2D eigenvalue weighted by Gasteiger charge is -2.11. The Morgan fingerprint density at radius 2 is 2.00 bits per heavy atom. The Labute approximate surface area is 125 Å². The van der Waals surface area contributed by atoms with E-state index in [4.69, 9.17) is 0 Å². The summed E-state index contributed by atoms with van der Waals surface area (Å²) < 4.78 is 26.2. The molecule has 5 nitrogen and oxygen atoms in total.